The van der Waals surface area contributed by atoms with Gasteiger partial charge in [0, 0.05) is 11.9 Å². The number of aryl methyl sites for hydroxylation is 2. The van der Waals surface area contributed by atoms with Crippen molar-refractivity contribution in [3.63, 3.8) is 0 Å². The molecule has 1 aromatic rings. The average molecular weight is 288 g/mol. The number of hydrogen-bond donors (Lipinski definition) is 4. The number of hydrazine groups is 1. The summed E-state index contributed by atoms with van der Waals surface area (Å²) in [6.07, 6.45) is 4.01. The molecule has 1 fully saturated rings. The van der Waals surface area contributed by atoms with Crippen molar-refractivity contribution in [1.29, 1.82) is 0 Å². The van der Waals surface area contributed by atoms with Gasteiger partial charge in [0.2, 0.25) is 0 Å². The van der Waals surface area contributed by atoms with Gasteiger partial charge in [-0.3, -0.25) is 5.21 Å². The molecule has 5 heteroatoms. The van der Waals surface area contributed by atoms with Gasteiger partial charge in [0.15, 0.2) is 0 Å². The number of piperidine rings is 1. The van der Waals surface area contributed by atoms with E-state index in [-0.39, 0.29) is 6.17 Å². The van der Waals surface area contributed by atoms with Gasteiger partial charge in [0.25, 0.3) is 0 Å². The Morgan fingerprint density at radius 1 is 1.19 bits per heavy atom. The maximum atomic E-state index is 9.77. The van der Waals surface area contributed by atoms with Crippen LogP contribution in [0, 0.1) is 19.8 Å². The van der Waals surface area contributed by atoms with Gasteiger partial charge in [-0.25, -0.2) is 0 Å². The smallest absolute Gasteiger partial charge is 0.121 e. The minimum Gasteiger partial charge on any atom is -0.365 e. The summed E-state index contributed by atoms with van der Waals surface area (Å²) in [5.41, 5.74) is 7.92. The molecule has 2 heterocycles. The van der Waals surface area contributed by atoms with Gasteiger partial charge in [-0.1, -0.05) is 6.07 Å². The quantitative estimate of drug-likeness (QED) is 0.686. The van der Waals surface area contributed by atoms with Crippen molar-refractivity contribution in [3.05, 3.63) is 41.1 Å². The maximum absolute atomic E-state index is 9.77. The fourth-order valence-corrected chi connectivity index (χ4v) is 3.07. The molecule has 21 heavy (non-hydrogen) atoms. The lowest BCUT2D eigenvalue weighted by atomic mass is 9.89. The van der Waals surface area contributed by atoms with E-state index in [1.54, 1.807) is 0 Å². The van der Waals surface area contributed by atoms with E-state index in [4.69, 9.17) is 0 Å². The predicted molar refractivity (Wildman–Crippen MR) is 83.8 cm³/mol. The molecule has 2 aliphatic rings. The first kappa shape index (κ1) is 14.4. The van der Waals surface area contributed by atoms with Crippen LogP contribution >= 0.6 is 0 Å². The Balaban J connectivity index is 1.74. The first-order chi connectivity index (χ1) is 10.1. The number of hydroxylamine groups is 1. The summed E-state index contributed by atoms with van der Waals surface area (Å²) in [6, 6.07) is 6.36. The first-order valence-electron chi connectivity index (χ1n) is 7.64. The second kappa shape index (κ2) is 6.05. The number of nitrogens with zero attached hydrogens (tertiary/aromatic N) is 1. The van der Waals surface area contributed by atoms with Crippen molar-refractivity contribution in [2.24, 2.45) is 5.92 Å². The molecular formula is C16H24N4O. The molecule has 2 aliphatic heterocycles. The molecule has 0 saturated carbocycles. The summed E-state index contributed by atoms with van der Waals surface area (Å²) in [4.78, 5) is 0. The zero-order chi connectivity index (χ0) is 14.8. The van der Waals surface area contributed by atoms with Gasteiger partial charge >= 0.3 is 0 Å². The molecule has 0 aromatic heterocycles. The zero-order valence-electron chi connectivity index (χ0n) is 12.7. The van der Waals surface area contributed by atoms with E-state index in [2.05, 4.69) is 48.1 Å². The monoisotopic (exact) mass is 288 g/mol. The van der Waals surface area contributed by atoms with Crippen LogP contribution < -0.4 is 16.1 Å². The van der Waals surface area contributed by atoms with Crippen molar-refractivity contribution in [2.45, 2.75) is 32.9 Å². The molecule has 0 aliphatic carbocycles. The topological polar surface area (TPSA) is 59.6 Å². The number of hydrogen-bond acceptors (Lipinski definition) is 5. The second-order valence-corrected chi connectivity index (χ2v) is 6.00. The van der Waals surface area contributed by atoms with Crippen molar-refractivity contribution in [1.82, 2.24) is 15.9 Å². The van der Waals surface area contributed by atoms with Crippen LogP contribution in [0.2, 0.25) is 0 Å². The van der Waals surface area contributed by atoms with E-state index in [1.807, 2.05) is 6.20 Å². The van der Waals surface area contributed by atoms with E-state index in [9.17, 15) is 5.21 Å². The summed E-state index contributed by atoms with van der Waals surface area (Å²) < 4.78 is 0. The summed E-state index contributed by atoms with van der Waals surface area (Å²) in [5, 5.41) is 17.7. The lowest BCUT2D eigenvalue weighted by Crippen LogP contribution is -2.41. The van der Waals surface area contributed by atoms with Crippen molar-refractivity contribution in [3.8, 4) is 0 Å². The van der Waals surface area contributed by atoms with Crippen LogP contribution in [-0.2, 0) is 0 Å². The van der Waals surface area contributed by atoms with E-state index >= 15 is 0 Å². The van der Waals surface area contributed by atoms with Crippen LogP contribution in [0.25, 0.3) is 0 Å². The molecule has 1 aromatic carbocycles. The van der Waals surface area contributed by atoms with E-state index in [0.29, 0.717) is 5.92 Å². The van der Waals surface area contributed by atoms with Crippen molar-refractivity contribution < 1.29 is 5.21 Å². The molecule has 5 nitrogen and oxygen atoms in total. The molecule has 1 saturated heterocycles. The fourth-order valence-electron chi connectivity index (χ4n) is 3.07. The first-order valence-corrected chi connectivity index (χ1v) is 7.64. The van der Waals surface area contributed by atoms with Gasteiger partial charge in [0.1, 0.15) is 6.17 Å². The van der Waals surface area contributed by atoms with Crippen LogP contribution in [0.15, 0.2) is 30.0 Å². The lowest BCUT2D eigenvalue weighted by molar-refractivity contribution is -0.0822. The number of nitrogens with one attached hydrogen (secondary N) is 3. The van der Waals surface area contributed by atoms with Crippen LogP contribution in [0.5, 0.6) is 0 Å². The highest BCUT2D eigenvalue weighted by molar-refractivity contribution is 5.50. The average Bonchev–Trinajstić information content (AvgIpc) is 2.85. The van der Waals surface area contributed by atoms with Crippen molar-refractivity contribution in [2.75, 3.05) is 18.4 Å². The minimum absolute atomic E-state index is 0.0415. The van der Waals surface area contributed by atoms with Crippen LogP contribution in [0.3, 0.4) is 0 Å². The third-order valence-electron chi connectivity index (χ3n) is 4.49. The highest BCUT2D eigenvalue weighted by Gasteiger charge is 2.30. The second-order valence-electron chi connectivity index (χ2n) is 6.00. The van der Waals surface area contributed by atoms with Crippen LogP contribution in [0.4, 0.5) is 5.69 Å². The van der Waals surface area contributed by atoms with Crippen LogP contribution in [-0.4, -0.2) is 29.6 Å². The van der Waals surface area contributed by atoms with Gasteiger partial charge in [-0.2, -0.15) is 10.6 Å². The maximum Gasteiger partial charge on any atom is 0.121 e. The Labute approximate surface area is 126 Å². The van der Waals surface area contributed by atoms with Gasteiger partial charge in [-0.05, 0) is 74.5 Å². The molecule has 0 amide bonds. The van der Waals surface area contributed by atoms with Crippen molar-refractivity contribution >= 4 is 5.69 Å². The van der Waals surface area contributed by atoms with Gasteiger partial charge in [-0.15, -0.1) is 0 Å². The lowest BCUT2D eigenvalue weighted by Gasteiger charge is -2.28. The summed E-state index contributed by atoms with van der Waals surface area (Å²) in [7, 11) is 0. The number of anilines is 1. The Bertz CT molecular complexity index is 537. The Hall–Kier alpha value is -1.56. The Kier molecular flexibility index (Phi) is 4.14. The summed E-state index contributed by atoms with van der Waals surface area (Å²) >= 11 is 0. The molecule has 1 atom stereocenters. The van der Waals surface area contributed by atoms with Crippen LogP contribution in [0.1, 0.15) is 24.0 Å². The Morgan fingerprint density at radius 2 is 1.95 bits per heavy atom. The zero-order valence-corrected chi connectivity index (χ0v) is 12.7. The molecule has 4 N–H and O–H groups in total. The third kappa shape index (κ3) is 3.20. The normalized spacial score (nSPS) is 23.3. The summed E-state index contributed by atoms with van der Waals surface area (Å²) in [6.45, 7) is 6.32. The van der Waals surface area contributed by atoms with Gasteiger partial charge in [0.05, 0.1) is 0 Å². The third-order valence-corrected chi connectivity index (χ3v) is 4.49. The Morgan fingerprint density at radius 3 is 2.67 bits per heavy atom. The standard InChI is InChI=1S/C16H24N4O/c1-11-3-4-14(9-12(11)2)18-16-15(10-20(21)19-16)13-5-7-17-8-6-13/h3-4,9-10,13,16-19,21H,5-8H2,1-2H3. The number of benzene rings is 1. The molecule has 0 spiro atoms. The van der Waals surface area contributed by atoms with E-state index in [1.165, 1.54) is 16.7 Å². The predicted octanol–water partition coefficient (Wildman–Crippen LogP) is 2.13. The highest BCUT2D eigenvalue weighted by Crippen LogP contribution is 2.28. The fraction of sp³-hybridized carbons (Fsp3) is 0.500. The molecule has 114 valence electrons. The van der Waals surface area contributed by atoms with Gasteiger partial charge < -0.3 is 10.6 Å². The molecule has 0 bridgehead atoms. The molecule has 1 unspecified atom stereocenters. The largest absolute Gasteiger partial charge is 0.365 e. The molecule has 3 rings (SSSR count). The minimum atomic E-state index is -0.0415. The molecule has 0 radical (unpaired) electrons. The SMILES string of the molecule is Cc1ccc(NC2NN(O)C=C2C2CCNCC2)cc1C. The molecular weight excluding hydrogens is 264 g/mol. The van der Waals surface area contributed by atoms with E-state index < -0.39 is 0 Å². The highest BCUT2D eigenvalue weighted by atomic mass is 16.5. The van der Waals surface area contributed by atoms with E-state index in [0.717, 1.165) is 36.8 Å². The number of rotatable bonds is 3. The summed E-state index contributed by atoms with van der Waals surface area (Å²) in [5.74, 6) is 0.514.